The maximum Gasteiger partial charge on any atom is 0.140 e. The van der Waals surface area contributed by atoms with Crippen molar-refractivity contribution in [3.05, 3.63) is 60.4 Å². The molecule has 1 heterocycles. The van der Waals surface area contributed by atoms with Gasteiger partial charge in [0.1, 0.15) is 11.9 Å². The van der Waals surface area contributed by atoms with E-state index in [2.05, 4.69) is 66.8 Å². The van der Waals surface area contributed by atoms with Gasteiger partial charge in [0, 0.05) is 20.9 Å². The Morgan fingerprint density at radius 3 is 2.37 bits per heavy atom. The van der Waals surface area contributed by atoms with Gasteiger partial charge in [-0.1, -0.05) is 46.3 Å². The number of hydrogen-bond donors (Lipinski definition) is 0. The van der Waals surface area contributed by atoms with Gasteiger partial charge in [-0.3, -0.25) is 0 Å². The standard InChI is InChI=1S/C15H11Br3O/c1-8-12(16)10-7-11(9-5-3-2-4-6-9)19-15(10)14(18)13(8)17/h2-6,11H,7H2,1H3. The molecule has 0 spiro atoms. The van der Waals surface area contributed by atoms with Crippen molar-refractivity contribution in [3.63, 3.8) is 0 Å². The van der Waals surface area contributed by atoms with E-state index < -0.39 is 0 Å². The number of rotatable bonds is 1. The Morgan fingerprint density at radius 1 is 1.00 bits per heavy atom. The van der Waals surface area contributed by atoms with Crippen LogP contribution in [0, 0.1) is 6.92 Å². The molecule has 2 aromatic rings. The van der Waals surface area contributed by atoms with Crippen molar-refractivity contribution >= 4 is 47.8 Å². The van der Waals surface area contributed by atoms with E-state index >= 15 is 0 Å². The lowest BCUT2D eigenvalue weighted by atomic mass is 10.0. The molecule has 98 valence electrons. The first-order chi connectivity index (χ1) is 9.09. The van der Waals surface area contributed by atoms with E-state index in [4.69, 9.17) is 4.74 Å². The fourth-order valence-corrected chi connectivity index (χ4v) is 4.16. The molecule has 1 atom stereocenters. The molecular formula is C15H11Br3O. The summed E-state index contributed by atoms with van der Waals surface area (Å²) in [6.45, 7) is 2.09. The molecule has 0 bridgehead atoms. The molecule has 4 heteroatoms. The van der Waals surface area contributed by atoms with Gasteiger partial charge in [0.2, 0.25) is 0 Å². The molecule has 2 aromatic carbocycles. The van der Waals surface area contributed by atoms with Crippen LogP contribution in [0.25, 0.3) is 0 Å². The number of halogens is 3. The van der Waals surface area contributed by atoms with Crippen LogP contribution in [0.2, 0.25) is 0 Å². The minimum Gasteiger partial charge on any atom is -0.484 e. The number of fused-ring (bicyclic) bond motifs is 1. The zero-order valence-electron chi connectivity index (χ0n) is 10.2. The van der Waals surface area contributed by atoms with Crippen molar-refractivity contribution in [1.29, 1.82) is 0 Å². The molecule has 0 aromatic heterocycles. The molecule has 0 amide bonds. The van der Waals surface area contributed by atoms with E-state index in [0.717, 1.165) is 25.6 Å². The topological polar surface area (TPSA) is 9.23 Å². The molecule has 19 heavy (non-hydrogen) atoms. The zero-order chi connectivity index (χ0) is 13.6. The molecule has 1 aliphatic rings. The van der Waals surface area contributed by atoms with E-state index in [0.29, 0.717) is 0 Å². The van der Waals surface area contributed by atoms with Crippen LogP contribution in [0.15, 0.2) is 43.7 Å². The highest BCUT2D eigenvalue weighted by atomic mass is 79.9. The summed E-state index contributed by atoms with van der Waals surface area (Å²) in [5, 5.41) is 0. The lowest BCUT2D eigenvalue weighted by Gasteiger charge is -2.12. The second-order valence-corrected chi connectivity index (χ2v) is 6.97. The minimum atomic E-state index is 0.0949. The highest BCUT2D eigenvalue weighted by Crippen LogP contribution is 2.49. The van der Waals surface area contributed by atoms with Crippen molar-refractivity contribution in [2.24, 2.45) is 0 Å². The van der Waals surface area contributed by atoms with Gasteiger partial charge in [-0.15, -0.1) is 0 Å². The Kier molecular flexibility index (Phi) is 3.76. The van der Waals surface area contributed by atoms with Crippen molar-refractivity contribution in [2.45, 2.75) is 19.4 Å². The molecule has 1 aliphatic heterocycles. The lowest BCUT2D eigenvalue weighted by molar-refractivity contribution is 0.237. The summed E-state index contributed by atoms with van der Waals surface area (Å²) in [6.07, 6.45) is 0.990. The van der Waals surface area contributed by atoms with Gasteiger partial charge in [0.05, 0.1) is 4.47 Å². The maximum atomic E-state index is 6.13. The van der Waals surface area contributed by atoms with Gasteiger partial charge >= 0.3 is 0 Å². The number of hydrogen-bond acceptors (Lipinski definition) is 1. The van der Waals surface area contributed by atoms with Crippen LogP contribution in [0.5, 0.6) is 5.75 Å². The van der Waals surface area contributed by atoms with Crippen LogP contribution in [0.3, 0.4) is 0 Å². The Balaban J connectivity index is 2.06. The third kappa shape index (κ3) is 2.28. The van der Waals surface area contributed by atoms with Gasteiger partial charge in [0.25, 0.3) is 0 Å². The van der Waals surface area contributed by atoms with Crippen LogP contribution < -0.4 is 4.74 Å². The zero-order valence-corrected chi connectivity index (χ0v) is 15.0. The summed E-state index contributed by atoms with van der Waals surface area (Å²) in [4.78, 5) is 0. The first-order valence-corrected chi connectivity index (χ1v) is 8.35. The average Bonchev–Trinajstić information content (AvgIpc) is 2.89. The van der Waals surface area contributed by atoms with Gasteiger partial charge < -0.3 is 4.74 Å². The molecule has 0 fully saturated rings. The predicted octanol–water partition coefficient (Wildman–Crippen LogP) is 5.96. The van der Waals surface area contributed by atoms with Crippen LogP contribution in [-0.2, 0) is 6.42 Å². The van der Waals surface area contributed by atoms with Crippen LogP contribution in [-0.4, -0.2) is 0 Å². The van der Waals surface area contributed by atoms with Gasteiger partial charge in [-0.05, 0) is 49.9 Å². The maximum absolute atomic E-state index is 6.13. The molecule has 0 saturated carbocycles. The Labute approximate surface area is 137 Å². The Bertz CT molecular complexity index is 601. The fourth-order valence-electron chi connectivity index (χ4n) is 2.35. The molecule has 1 unspecified atom stereocenters. The van der Waals surface area contributed by atoms with Crippen molar-refractivity contribution in [2.75, 3.05) is 0 Å². The predicted molar refractivity (Wildman–Crippen MR) is 87.8 cm³/mol. The third-order valence-corrected chi connectivity index (χ3v) is 6.76. The smallest absolute Gasteiger partial charge is 0.140 e. The van der Waals surface area contributed by atoms with Gasteiger partial charge in [-0.2, -0.15) is 0 Å². The highest BCUT2D eigenvalue weighted by molar-refractivity contribution is 9.13. The highest BCUT2D eigenvalue weighted by Gasteiger charge is 2.30. The SMILES string of the molecule is Cc1c(Br)c(Br)c2c(c1Br)CC(c1ccccc1)O2. The largest absolute Gasteiger partial charge is 0.484 e. The number of ether oxygens (including phenoxy) is 1. The third-order valence-electron chi connectivity index (χ3n) is 3.41. The molecule has 0 aliphatic carbocycles. The molecule has 1 nitrogen and oxygen atoms in total. The van der Waals surface area contributed by atoms with Crippen LogP contribution in [0.1, 0.15) is 22.8 Å². The van der Waals surface area contributed by atoms with Crippen LogP contribution >= 0.6 is 47.8 Å². The van der Waals surface area contributed by atoms with E-state index in [1.54, 1.807) is 0 Å². The van der Waals surface area contributed by atoms with E-state index in [1.165, 1.54) is 16.7 Å². The van der Waals surface area contributed by atoms with Crippen molar-refractivity contribution in [3.8, 4) is 5.75 Å². The Morgan fingerprint density at radius 2 is 1.68 bits per heavy atom. The molecule has 0 radical (unpaired) electrons. The summed E-state index contributed by atoms with van der Waals surface area (Å²) < 4.78 is 9.32. The van der Waals surface area contributed by atoms with E-state index in [9.17, 15) is 0 Å². The van der Waals surface area contributed by atoms with E-state index in [-0.39, 0.29) is 6.10 Å². The van der Waals surface area contributed by atoms with E-state index in [1.807, 2.05) is 18.2 Å². The molecule has 3 rings (SSSR count). The summed E-state index contributed by atoms with van der Waals surface area (Å²) in [6, 6.07) is 10.3. The number of benzene rings is 2. The Hall–Kier alpha value is -0.320. The average molecular weight is 447 g/mol. The summed E-state index contributed by atoms with van der Waals surface area (Å²) >= 11 is 10.9. The summed E-state index contributed by atoms with van der Waals surface area (Å²) in [5.74, 6) is 0.943. The molecule has 0 saturated heterocycles. The first-order valence-electron chi connectivity index (χ1n) is 5.97. The second kappa shape index (κ2) is 5.23. The fraction of sp³-hybridized carbons (Fsp3) is 0.200. The summed E-state index contributed by atoms with van der Waals surface area (Å²) in [7, 11) is 0. The molecular weight excluding hydrogens is 436 g/mol. The quantitative estimate of drug-likeness (QED) is 0.491. The normalized spacial score (nSPS) is 17.2. The van der Waals surface area contributed by atoms with Gasteiger partial charge in [-0.25, -0.2) is 0 Å². The minimum absolute atomic E-state index is 0.0949. The van der Waals surface area contributed by atoms with Gasteiger partial charge in [0.15, 0.2) is 0 Å². The van der Waals surface area contributed by atoms with Crippen molar-refractivity contribution < 1.29 is 4.74 Å². The van der Waals surface area contributed by atoms with Crippen LogP contribution in [0.4, 0.5) is 0 Å². The lowest BCUT2D eigenvalue weighted by Crippen LogP contribution is -2.02. The monoisotopic (exact) mass is 444 g/mol. The summed E-state index contributed by atoms with van der Waals surface area (Å²) in [5.41, 5.74) is 3.65. The van der Waals surface area contributed by atoms with Crippen molar-refractivity contribution in [1.82, 2.24) is 0 Å². The first kappa shape index (κ1) is 13.7. The second-order valence-electron chi connectivity index (χ2n) is 4.60. The molecule has 0 N–H and O–H groups in total.